The third-order valence-electron chi connectivity index (χ3n) is 5.70. The first kappa shape index (κ1) is 19.6. The van der Waals surface area contributed by atoms with Gasteiger partial charge in [-0.2, -0.15) is 0 Å². The molecule has 1 saturated heterocycles. The van der Waals surface area contributed by atoms with Crippen molar-refractivity contribution < 1.29 is 23.2 Å². The van der Waals surface area contributed by atoms with Gasteiger partial charge in [-0.15, -0.1) is 0 Å². The molecule has 2 aliphatic heterocycles. The van der Waals surface area contributed by atoms with Crippen molar-refractivity contribution in [1.29, 1.82) is 0 Å². The van der Waals surface area contributed by atoms with Gasteiger partial charge in [0, 0.05) is 38.3 Å². The summed E-state index contributed by atoms with van der Waals surface area (Å²) in [7, 11) is 0. The molecular weight excluding hydrogens is 401 g/mol. The number of benzene rings is 2. The number of carbonyl (C=O) groups is 1. The zero-order chi connectivity index (χ0) is 21.4. The molecule has 5 rings (SSSR count). The minimum Gasteiger partial charge on any atom is -0.454 e. The first-order valence-electron chi connectivity index (χ1n) is 10.2. The Morgan fingerprint density at radius 1 is 1.03 bits per heavy atom. The van der Waals surface area contributed by atoms with Crippen molar-refractivity contribution in [2.24, 2.45) is 0 Å². The molecule has 0 aliphatic carbocycles. The van der Waals surface area contributed by atoms with E-state index in [1.54, 1.807) is 19.1 Å². The number of amides is 1. The predicted octanol–water partition coefficient (Wildman–Crippen LogP) is 3.48. The van der Waals surface area contributed by atoms with Crippen molar-refractivity contribution in [3.8, 4) is 22.8 Å². The van der Waals surface area contributed by atoms with Gasteiger partial charge in [-0.25, -0.2) is 4.39 Å². The number of rotatable bonds is 4. The van der Waals surface area contributed by atoms with Gasteiger partial charge in [0.25, 0.3) is 5.91 Å². The van der Waals surface area contributed by atoms with Crippen LogP contribution in [0, 0.1) is 12.7 Å². The topological polar surface area (TPSA) is 68.0 Å². The number of fused-ring (bicyclic) bond motifs is 1. The standard InChI is InChI=1S/C23H22FN3O4/c1-15-21(22(25-31-15)17-3-5-18(24)6-4-17)23(28)27-10-8-26(9-11-27)13-16-2-7-19-20(12-16)30-14-29-19/h2-7,12H,8-11,13-14H2,1H3. The van der Waals surface area contributed by atoms with Gasteiger partial charge in [0.05, 0.1) is 0 Å². The number of ether oxygens (including phenoxy) is 2. The highest BCUT2D eigenvalue weighted by atomic mass is 19.1. The van der Waals surface area contributed by atoms with E-state index in [-0.39, 0.29) is 18.5 Å². The molecule has 0 radical (unpaired) electrons. The Morgan fingerprint density at radius 2 is 1.77 bits per heavy atom. The quantitative estimate of drug-likeness (QED) is 0.640. The number of hydrogen-bond donors (Lipinski definition) is 0. The fourth-order valence-electron chi connectivity index (χ4n) is 3.99. The van der Waals surface area contributed by atoms with E-state index in [2.05, 4.69) is 10.1 Å². The summed E-state index contributed by atoms with van der Waals surface area (Å²) in [5.74, 6) is 1.58. The normalized spacial score (nSPS) is 16.0. The summed E-state index contributed by atoms with van der Waals surface area (Å²) < 4.78 is 29.4. The minimum atomic E-state index is -0.338. The molecule has 160 valence electrons. The Kier molecular flexibility index (Phi) is 5.07. The van der Waals surface area contributed by atoms with Crippen LogP contribution in [0.25, 0.3) is 11.3 Å². The van der Waals surface area contributed by atoms with Crippen molar-refractivity contribution in [3.05, 3.63) is 65.2 Å². The molecule has 8 heteroatoms. The number of hydrogen-bond acceptors (Lipinski definition) is 6. The van der Waals surface area contributed by atoms with Crippen molar-refractivity contribution in [1.82, 2.24) is 15.0 Å². The largest absolute Gasteiger partial charge is 0.454 e. The van der Waals surface area contributed by atoms with E-state index in [1.807, 2.05) is 23.1 Å². The molecule has 1 aromatic heterocycles. The Balaban J connectivity index is 1.25. The van der Waals surface area contributed by atoms with Crippen LogP contribution in [-0.2, 0) is 6.54 Å². The van der Waals surface area contributed by atoms with Crippen molar-refractivity contribution in [3.63, 3.8) is 0 Å². The van der Waals surface area contributed by atoms with Crippen LogP contribution in [0.5, 0.6) is 11.5 Å². The molecule has 2 aliphatic rings. The van der Waals surface area contributed by atoms with Gasteiger partial charge in [0.1, 0.15) is 22.8 Å². The second-order valence-corrected chi connectivity index (χ2v) is 7.73. The molecule has 3 heterocycles. The number of halogens is 1. The van der Waals surface area contributed by atoms with Gasteiger partial charge < -0.3 is 18.9 Å². The molecule has 7 nitrogen and oxygen atoms in total. The van der Waals surface area contributed by atoms with Crippen LogP contribution in [0.1, 0.15) is 21.7 Å². The third kappa shape index (κ3) is 3.86. The van der Waals surface area contributed by atoms with E-state index in [4.69, 9.17) is 14.0 Å². The van der Waals surface area contributed by atoms with Crippen molar-refractivity contribution >= 4 is 5.91 Å². The predicted molar refractivity (Wildman–Crippen MR) is 110 cm³/mol. The summed E-state index contributed by atoms with van der Waals surface area (Å²) in [6.07, 6.45) is 0. The lowest BCUT2D eigenvalue weighted by molar-refractivity contribution is 0.0627. The molecular formula is C23H22FN3O4. The molecule has 0 atom stereocenters. The van der Waals surface area contributed by atoms with Crippen LogP contribution in [0.2, 0.25) is 0 Å². The van der Waals surface area contributed by atoms with Gasteiger partial charge >= 0.3 is 0 Å². The summed E-state index contributed by atoms with van der Waals surface area (Å²) in [6, 6.07) is 11.9. The van der Waals surface area contributed by atoms with Crippen LogP contribution >= 0.6 is 0 Å². The third-order valence-corrected chi connectivity index (χ3v) is 5.70. The SMILES string of the molecule is Cc1onc(-c2ccc(F)cc2)c1C(=O)N1CCN(Cc2ccc3c(c2)OCO3)CC1. The number of piperazine rings is 1. The first-order chi connectivity index (χ1) is 15.1. The van der Waals surface area contributed by atoms with Crippen LogP contribution in [0.3, 0.4) is 0 Å². The maximum absolute atomic E-state index is 13.3. The Morgan fingerprint density at radius 3 is 2.55 bits per heavy atom. The summed E-state index contributed by atoms with van der Waals surface area (Å²) in [5, 5.41) is 4.05. The average Bonchev–Trinajstić information content (AvgIpc) is 3.40. The molecule has 0 N–H and O–H groups in total. The lowest BCUT2D eigenvalue weighted by Crippen LogP contribution is -2.48. The van der Waals surface area contributed by atoms with Gasteiger partial charge in [0.15, 0.2) is 11.5 Å². The molecule has 0 spiro atoms. The van der Waals surface area contributed by atoms with Crippen LogP contribution in [-0.4, -0.2) is 53.8 Å². The molecule has 0 saturated carbocycles. The van der Waals surface area contributed by atoms with Gasteiger partial charge in [-0.3, -0.25) is 9.69 Å². The fraction of sp³-hybridized carbons (Fsp3) is 0.304. The number of carbonyl (C=O) groups excluding carboxylic acids is 1. The van der Waals surface area contributed by atoms with Gasteiger partial charge in [-0.1, -0.05) is 11.2 Å². The Labute approximate surface area is 178 Å². The molecule has 1 amide bonds. The van der Waals surface area contributed by atoms with E-state index >= 15 is 0 Å². The first-order valence-corrected chi connectivity index (χ1v) is 10.2. The molecule has 1 fully saturated rings. The summed E-state index contributed by atoms with van der Waals surface area (Å²) in [4.78, 5) is 17.4. The Hall–Kier alpha value is -3.39. The Bertz CT molecular complexity index is 1100. The zero-order valence-electron chi connectivity index (χ0n) is 17.1. The summed E-state index contributed by atoms with van der Waals surface area (Å²) >= 11 is 0. The molecule has 31 heavy (non-hydrogen) atoms. The lowest BCUT2D eigenvalue weighted by atomic mass is 10.0. The summed E-state index contributed by atoms with van der Waals surface area (Å²) in [6.45, 7) is 5.51. The molecule has 0 bridgehead atoms. The highest BCUT2D eigenvalue weighted by Gasteiger charge is 2.28. The van der Waals surface area contributed by atoms with Crippen molar-refractivity contribution in [2.45, 2.75) is 13.5 Å². The molecule has 3 aromatic rings. The van der Waals surface area contributed by atoms with E-state index in [0.717, 1.165) is 36.7 Å². The number of aryl methyl sites for hydroxylation is 1. The maximum Gasteiger partial charge on any atom is 0.259 e. The zero-order valence-corrected chi connectivity index (χ0v) is 17.1. The van der Waals surface area contributed by atoms with Crippen LogP contribution in [0.4, 0.5) is 4.39 Å². The van der Waals surface area contributed by atoms with Gasteiger partial charge in [0.2, 0.25) is 6.79 Å². The average molecular weight is 423 g/mol. The minimum absolute atomic E-state index is 0.110. The highest BCUT2D eigenvalue weighted by molar-refractivity contribution is 6.00. The van der Waals surface area contributed by atoms with E-state index in [0.29, 0.717) is 35.7 Å². The van der Waals surface area contributed by atoms with Crippen molar-refractivity contribution in [2.75, 3.05) is 33.0 Å². The van der Waals surface area contributed by atoms with E-state index < -0.39 is 0 Å². The number of nitrogens with zero attached hydrogens (tertiary/aromatic N) is 3. The smallest absolute Gasteiger partial charge is 0.259 e. The van der Waals surface area contributed by atoms with Gasteiger partial charge in [-0.05, 0) is 48.9 Å². The maximum atomic E-state index is 13.3. The van der Waals surface area contributed by atoms with Crippen LogP contribution < -0.4 is 9.47 Å². The van der Waals surface area contributed by atoms with E-state index in [1.165, 1.54) is 12.1 Å². The number of aromatic nitrogens is 1. The summed E-state index contributed by atoms with van der Waals surface area (Å²) in [5.41, 5.74) is 2.70. The monoisotopic (exact) mass is 423 g/mol. The molecule has 0 unspecified atom stereocenters. The fourth-order valence-corrected chi connectivity index (χ4v) is 3.99. The highest BCUT2D eigenvalue weighted by Crippen LogP contribution is 2.33. The second-order valence-electron chi connectivity index (χ2n) is 7.73. The van der Waals surface area contributed by atoms with Crippen LogP contribution in [0.15, 0.2) is 47.0 Å². The lowest BCUT2D eigenvalue weighted by Gasteiger charge is -2.34. The second kappa shape index (κ2) is 8.03. The van der Waals surface area contributed by atoms with E-state index in [9.17, 15) is 9.18 Å². The molecule has 2 aromatic carbocycles.